The highest BCUT2D eigenvalue weighted by atomic mass is 16.3. The number of carbonyl (C=O) groups is 1. The maximum atomic E-state index is 11.9. The molecular weight excluding hydrogens is 242 g/mol. The summed E-state index contributed by atoms with van der Waals surface area (Å²) in [4.78, 5) is 11.9. The Balaban J connectivity index is 2.00. The van der Waals surface area contributed by atoms with E-state index in [4.69, 9.17) is 0 Å². The lowest BCUT2D eigenvalue weighted by Gasteiger charge is -2.22. The lowest BCUT2D eigenvalue weighted by Crippen LogP contribution is -2.38. The molecule has 19 heavy (non-hydrogen) atoms. The molecule has 5 nitrogen and oxygen atoms in total. The van der Waals surface area contributed by atoms with Gasteiger partial charge in [-0.2, -0.15) is 5.10 Å². The quantitative estimate of drug-likeness (QED) is 0.862. The molecule has 0 spiro atoms. The average Bonchev–Trinajstić information content (AvgIpc) is 2.85. The van der Waals surface area contributed by atoms with Crippen LogP contribution in [-0.2, 0) is 12.6 Å². The number of hydrogen-bond donors (Lipinski definition) is 2. The topological polar surface area (TPSA) is 67.2 Å². The third kappa shape index (κ3) is 3.20. The minimum absolute atomic E-state index is 0.131. The van der Waals surface area contributed by atoms with Gasteiger partial charge in [0.2, 0.25) is 0 Å². The van der Waals surface area contributed by atoms with E-state index in [-0.39, 0.29) is 12.5 Å². The SMILES string of the molecule is Cn1cc(C(C)(O)CNC(=O)c2ccccc2)cn1. The molecule has 1 heterocycles. The van der Waals surface area contributed by atoms with Crippen LogP contribution in [0.2, 0.25) is 0 Å². The maximum Gasteiger partial charge on any atom is 0.251 e. The lowest BCUT2D eigenvalue weighted by atomic mass is 9.99. The molecule has 2 N–H and O–H groups in total. The largest absolute Gasteiger partial charge is 0.383 e. The summed E-state index contributed by atoms with van der Waals surface area (Å²) in [5.41, 5.74) is 0.103. The Hall–Kier alpha value is -2.14. The zero-order valence-corrected chi connectivity index (χ0v) is 11.0. The average molecular weight is 259 g/mol. The number of amides is 1. The number of aliphatic hydroxyl groups is 1. The summed E-state index contributed by atoms with van der Waals surface area (Å²) in [6.45, 7) is 1.78. The monoisotopic (exact) mass is 259 g/mol. The van der Waals surface area contributed by atoms with Crippen molar-refractivity contribution in [3.8, 4) is 0 Å². The normalized spacial score (nSPS) is 13.8. The maximum absolute atomic E-state index is 11.9. The van der Waals surface area contributed by atoms with E-state index in [1.54, 1.807) is 55.3 Å². The van der Waals surface area contributed by atoms with Crippen LogP contribution in [0, 0.1) is 0 Å². The van der Waals surface area contributed by atoms with Crippen LogP contribution in [0.15, 0.2) is 42.7 Å². The molecule has 1 aromatic heterocycles. The number of nitrogens with zero attached hydrogens (tertiary/aromatic N) is 2. The van der Waals surface area contributed by atoms with Crippen LogP contribution in [0.5, 0.6) is 0 Å². The van der Waals surface area contributed by atoms with E-state index in [1.165, 1.54) is 0 Å². The Bertz CT molecular complexity index is 561. The van der Waals surface area contributed by atoms with Crippen molar-refractivity contribution in [2.24, 2.45) is 7.05 Å². The van der Waals surface area contributed by atoms with Gasteiger partial charge in [0.15, 0.2) is 0 Å². The van der Waals surface area contributed by atoms with Crippen molar-refractivity contribution >= 4 is 5.91 Å². The molecule has 0 aliphatic carbocycles. The molecule has 1 unspecified atom stereocenters. The van der Waals surface area contributed by atoms with Gasteiger partial charge in [-0.15, -0.1) is 0 Å². The lowest BCUT2D eigenvalue weighted by molar-refractivity contribution is 0.0526. The fourth-order valence-corrected chi connectivity index (χ4v) is 1.75. The Labute approximate surface area is 111 Å². The Kier molecular flexibility index (Phi) is 3.66. The van der Waals surface area contributed by atoms with Crippen LogP contribution >= 0.6 is 0 Å². The Morgan fingerprint density at radius 2 is 2.11 bits per heavy atom. The number of aryl methyl sites for hydroxylation is 1. The van der Waals surface area contributed by atoms with Gasteiger partial charge in [0, 0.05) is 24.4 Å². The molecule has 0 bridgehead atoms. The van der Waals surface area contributed by atoms with Crippen LogP contribution < -0.4 is 5.32 Å². The van der Waals surface area contributed by atoms with Gasteiger partial charge in [-0.25, -0.2) is 0 Å². The minimum atomic E-state index is -1.14. The molecule has 0 fully saturated rings. The van der Waals surface area contributed by atoms with E-state index in [0.29, 0.717) is 11.1 Å². The zero-order valence-electron chi connectivity index (χ0n) is 11.0. The van der Waals surface area contributed by atoms with Crippen molar-refractivity contribution in [2.45, 2.75) is 12.5 Å². The molecule has 5 heteroatoms. The van der Waals surface area contributed by atoms with Gasteiger partial charge < -0.3 is 10.4 Å². The molecule has 0 aliphatic heterocycles. The van der Waals surface area contributed by atoms with Crippen LogP contribution in [0.25, 0.3) is 0 Å². The first-order valence-electron chi connectivity index (χ1n) is 6.04. The van der Waals surface area contributed by atoms with E-state index in [0.717, 1.165) is 0 Å². The van der Waals surface area contributed by atoms with Crippen molar-refractivity contribution < 1.29 is 9.90 Å². The van der Waals surface area contributed by atoms with Crippen LogP contribution in [-0.4, -0.2) is 27.3 Å². The van der Waals surface area contributed by atoms with Crippen molar-refractivity contribution in [1.82, 2.24) is 15.1 Å². The molecule has 1 amide bonds. The summed E-state index contributed by atoms with van der Waals surface area (Å²) in [5, 5.41) is 17.1. The van der Waals surface area contributed by atoms with Gasteiger partial charge in [-0.3, -0.25) is 9.48 Å². The van der Waals surface area contributed by atoms with Gasteiger partial charge in [0.1, 0.15) is 5.60 Å². The molecular formula is C14H17N3O2. The Morgan fingerprint density at radius 1 is 1.42 bits per heavy atom. The van der Waals surface area contributed by atoms with Crippen molar-refractivity contribution in [3.63, 3.8) is 0 Å². The number of aromatic nitrogens is 2. The smallest absolute Gasteiger partial charge is 0.251 e. The fourth-order valence-electron chi connectivity index (χ4n) is 1.75. The summed E-state index contributed by atoms with van der Waals surface area (Å²) < 4.78 is 1.61. The first-order chi connectivity index (χ1) is 8.99. The standard InChI is InChI=1S/C14H17N3O2/c1-14(19,12-8-16-17(2)9-12)10-15-13(18)11-6-4-3-5-7-11/h3-9,19H,10H2,1-2H3,(H,15,18). The second-order valence-corrected chi connectivity index (χ2v) is 4.73. The number of rotatable bonds is 4. The predicted octanol–water partition coefficient (Wildman–Crippen LogP) is 1.06. The molecule has 100 valence electrons. The highest BCUT2D eigenvalue weighted by Crippen LogP contribution is 2.18. The van der Waals surface area contributed by atoms with Crippen molar-refractivity contribution in [3.05, 3.63) is 53.9 Å². The van der Waals surface area contributed by atoms with Crippen molar-refractivity contribution in [2.75, 3.05) is 6.54 Å². The number of nitrogens with one attached hydrogen (secondary N) is 1. The third-order valence-electron chi connectivity index (χ3n) is 2.96. The van der Waals surface area contributed by atoms with Crippen LogP contribution in [0.1, 0.15) is 22.8 Å². The highest BCUT2D eigenvalue weighted by Gasteiger charge is 2.25. The second-order valence-electron chi connectivity index (χ2n) is 4.73. The molecule has 0 radical (unpaired) electrons. The first kappa shape index (κ1) is 13.3. The van der Waals surface area contributed by atoms with Crippen LogP contribution in [0.4, 0.5) is 0 Å². The summed E-state index contributed by atoms with van der Waals surface area (Å²) in [6.07, 6.45) is 3.32. The molecule has 0 saturated heterocycles. The molecule has 1 aromatic carbocycles. The highest BCUT2D eigenvalue weighted by molar-refractivity contribution is 5.94. The van der Waals surface area contributed by atoms with E-state index >= 15 is 0 Å². The first-order valence-corrected chi connectivity index (χ1v) is 6.04. The van der Waals surface area contributed by atoms with Crippen molar-refractivity contribution in [1.29, 1.82) is 0 Å². The van der Waals surface area contributed by atoms with E-state index < -0.39 is 5.60 Å². The number of hydrogen-bond acceptors (Lipinski definition) is 3. The molecule has 2 rings (SSSR count). The van der Waals surface area contributed by atoms with E-state index in [2.05, 4.69) is 10.4 Å². The third-order valence-corrected chi connectivity index (χ3v) is 2.96. The zero-order chi connectivity index (χ0) is 13.9. The number of carbonyl (C=O) groups excluding carboxylic acids is 1. The van der Waals surface area contributed by atoms with Gasteiger partial charge >= 0.3 is 0 Å². The van der Waals surface area contributed by atoms with Gasteiger partial charge in [0.05, 0.1) is 12.7 Å². The van der Waals surface area contributed by atoms with E-state index in [9.17, 15) is 9.90 Å². The summed E-state index contributed by atoms with van der Waals surface area (Å²) in [5.74, 6) is -0.204. The predicted molar refractivity (Wildman–Crippen MR) is 71.6 cm³/mol. The van der Waals surface area contributed by atoms with E-state index in [1.807, 2.05) is 6.07 Å². The summed E-state index contributed by atoms with van der Waals surface area (Å²) in [7, 11) is 1.78. The molecule has 0 saturated carbocycles. The second kappa shape index (κ2) is 5.24. The minimum Gasteiger partial charge on any atom is -0.383 e. The van der Waals surface area contributed by atoms with Gasteiger partial charge in [-0.05, 0) is 19.1 Å². The van der Waals surface area contributed by atoms with Gasteiger partial charge in [0.25, 0.3) is 5.91 Å². The fraction of sp³-hybridized carbons (Fsp3) is 0.286. The summed E-state index contributed by atoms with van der Waals surface area (Å²) in [6, 6.07) is 8.91. The van der Waals surface area contributed by atoms with Crippen LogP contribution in [0.3, 0.4) is 0 Å². The molecule has 0 aliphatic rings. The van der Waals surface area contributed by atoms with Gasteiger partial charge in [-0.1, -0.05) is 18.2 Å². The Morgan fingerprint density at radius 3 is 2.68 bits per heavy atom. The molecule has 1 atom stereocenters. The number of benzene rings is 1. The molecule has 2 aromatic rings. The summed E-state index contributed by atoms with van der Waals surface area (Å²) >= 11 is 0.